The van der Waals surface area contributed by atoms with Crippen molar-refractivity contribution >= 4 is 24.3 Å². The Balaban J connectivity index is 0.00000200. The van der Waals surface area contributed by atoms with E-state index >= 15 is 0 Å². The van der Waals surface area contributed by atoms with E-state index in [1.165, 1.54) is 6.33 Å². The molecular weight excluding hydrogens is 282 g/mol. The average Bonchev–Trinajstić information content (AvgIpc) is 2.88. The van der Waals surface area contributed by atoms with Crippen LogP contribution in [0.3, 0.4) is 0 Å². The van der Waals surface area contributed by atoms with Crippen molar-refractivity contribution in [3.05, 3.63) is 18.2 Å². The largest absolute Gasteiger partial charge is 0.480 e. The summed E-state index contributed by atoms with van der Waals surface area (Å²) in [6.07, 6.45) is 5.89. The molecule has 1 aromatic rings. The minimum absolute atomic E-state index is 0. The molecular formula is C13H20ClN3O3. The number of carbonyl (C=O) groups excluding carboxylic acids is 1. The fourth-order valence-corrected chi connectivity index (χ4v) is 2.57. The van der Waals surface area contributed by atoms with Crippen molar-refractivity contribution in [1.82, 2.24) is 14.5 Å². The van der Waals surface area contributed by atoms with Gasteiger partial charge < -0.3 is 14.6 Å². The van der Waals surface area contributed by atoms with Crippen LogP contribution in [-0.2, 0) is 22.7 Å². The second-order valence-corrected chi connectivity index (χ2v) is 5.04. The highest BCUT2D eigenvalue weighted by Crippen LogP contribution is 2.23. The van der Waals surface area contributed by atoms with Crippen molar-refractivity contribution in [2.75, 3.05) is 6.54 Å². The maximum atomic E-state index is 11.9. The van der Waals surface area contributed by atoms with E-state index in [4.69, 9.17) is 5.11 Å². The molecule has 6 nitrogen and oxygen atoms in total. The highest BCUT2D eigenvalue weighted by molar-refractivity contribution is 5.85. The van der Waals surface area contributed by atoms with Crippen molar-refractivity contribution in [2.45, 2.75) is 39.3 Å². The van der Waals surface area contributed by atoms with Gasteiger partial charge in [-0.25, -0.2) is 4.98 Å². The molecule has 1 unspecified atom stereocenters. The van der Waals surface area contributed by atoms with Crippen LogP contribution < -0.4 is 0 Å². The molecule has 0 bridgehead atoms. The third-order valence-corrected chi connectivity index (χ3v) is 3.45. The van der Waals surface area contributed by atoms with E-state index in [1.807, 2.05) is 0 Å². The molecule has 0 saturated carbocycles. The maximum Gasteiger partial charge on any atom is 0.323 e. The van der Waals surface area contributed by atoms with Crippen LogP contribution in [0.25, 0.3) is 0 Å². The normalized spacial score (nSPS) is 18.1. The van der Waals surface area contributed by atoms with Crippen molar-refractivity contribution in [1.29, 1.82) is 0 Å². The molecule has 1 fully saturated rings. The molecule has 112 valence electrons. The van der Waals surface area contributed by atoms with Gasteiger partial charge >= 0.3 is 5.97 Å². The highest BCUT2D eigenvalue weighted by Gasteiger charge is 2.29. The molecule has 2 heterocycles. The number of carboxylic acids is 1. The number of imidazole rings is 1. The summed E-state index contributed by atoms with van der Waals surface area (Å²) in [6.45, 7) is 3.22. The standard InChI is InChI=1S/C13H19N3O3.ClH/c1-2-3-10-4-12(17)15(6-10)7-11-5-14-9-16(11)8-13(18)19;/h5,9-10H,2-4,6-8H2,1H3,(H,18,19);1H. The monoisotopic (exact) mass is 301 g/mol. The summed E-state index contributed by atoms with van der Waals surface area (Å²) in [7, 11) is 0. The van der Waals surface area contributed by atoms with E-state index in [0.29, 0.717) is 18.9 Å². The van der Waals surface area contributed by atoms with E-state index in [9.17, 15) is 9.59 Å². The minimum atomic E-state index is -0.907. The molecule has 1 aliphatic heterocycles. The van der Waals surface area contributed by atoms with E-state index in [-0.39, 0.29) is 24.9 Å². The number of aromatic nitrogens is 2. The predicted octanol–water partition coefficient (Wildman–Crippen LogP) is 1.54. The number of aliphatic carboxylic acids is 1. The number of carboxylic acid groups (broad SMARTS) is 1. The van der Waals surface area contributed by atoms with E-state index in [2.05, 4.69) is 11.9 Å². The van der Waals surface area contributed by atoms with E-state index < -0.39 is 5.97 Å². The van der Waals surface area contributed by atoms with Crippen LogP contribution in [0.15, 0.2) is 12.5 Å². The molecule has 1 amide bonds. The lowest BCUT2D eigenvalue weighted by molar-refractivity contribution is -0.137. The zero-order valence-electron chi connectivity index (χ0n) is 11.5. The van der Waals surface area contributed by atoms with Crippen LogP contribution in [0.2, 0.25) is 0 Å². The number of carbonyl (C=O) groups is 2. The molecule has 1 aliphatic rings. The Morgan fingerprint density at radius 3 is 2.95 bits per heavy atom. The first-order chi connectivity index (χ1) is 9.10. The molecule has 0 radical (unpaired) electrons. The molecule has 1 saturated heterocycles. The first-order valence-corrected chi connectivity index (χ1v) is 6.58. The summed E-state index contributed by atoms with van der Waals surface area (Å²) in [5.74, 6) is -0.314. The Labute approximate surface area is 124 Å². The number of nitrogens with zero attached hydrogens (tertiary/aromatic N) is 3. The zero-order valence-corrected chi connectivity index (χ0v) is 12.3. The van der Waals surface area contributed by atoms with Gasteiger partial charge in [0.2, 0.25) is 5.91 Å². The summed E-state index contributed by atoms with van der Waals surface area (Å²) >= 11 is 0. The zero-order chi connectivity index (χ0) is 13.8. The summed E-state index contributed by atoms with van der Waals surface area (Å²) in [5, 5.41) is 8.81. The van der Waals surface area contributed by atoms with Crippen molar-refractivity contribution in [3.63, 3.8) is 0 Å². The SMILES string of the molecule is CCCC1CC(=O)N(Cc2cncn2CC(=O)O)C1.Cl. The molecule has 0 aromatic carbocycles. The van der Waals surface area contributed by atoms with Crippen LogP contribution in [0.1, 0.15) is 31.9 Å². The summed E-state index contributed by atoms with van der Waals surface area (Å²) in [5.41, 5.74) is 0.771. The average molecular weight is 302 g/mol. The van der Waals surface area contributed by atoms with E-state index in [0.717, 1.165) is 25.1 Å². The highest BCUT2D eigenvalue weighted by atomic mass is 35.5. The first-order valence-electron chi connectivity index (χ1n) is 6.58. The predicted molar refractivity (Wildman–Crippen MR) is 75.5 cm³/mol. The van der Waals surface area contributed by atoms with Crippen LogP contribution in [0.4, 0.5) is 0 Å². The second kappa shape index (κ2) is 7.28. The molecule has 0 aliphatic carbocycles. The maximum absolute atomic E-state index is 11.9. The summed E-state index contributed by atoms with van der Waals surface area (Å²) in [6, 6.07) is 0. The second-order valence-electron chi connectivity index (χ2n) is 5.04. The fraction of sp³-hybridized carbons (Fsp3) is 0.615. The van der Waals surface area contributed by atoms with Gasteiger partial charge in [-0.15, -0.1) is 12.4 Å². The number of halogens is 1. The van der Waals surface area contributed by atoms with Gasteiger partial charge in [0, 0.05) is 19.2 Å². The Morgan fingerprint density at radius 1 is 1.55 bits per heavy atom. The van der Waals surface area contributed by atoms with Gasteiger partial charge in [0.05, 0.1) is 18.6 Å². The Hall–Kier alpha value is -1.56. The van der Waals surface area contributed by atoms with E-state index in [1.54, 1.807) is 15.7 Å². The Morgan fingerprint density at radius 2 is 2.30 bits per heavy atom. The first kappa shape index (κ1) is 16.5. The van der Waals surface area contributed by atoms with Gasteiger partial charge in [-0.1, -0.05) is 13.3 Å². The van der Waals surface area contributed by atoms with Crippen LogP contribution in [0, 0.1) is 5.92 Å². The quantitative estimate of drug-likeness (QED) is 0.865. The number of rotatable bonds is 6. The lowest BCUT2D eigenvalue weighted by Crippen LogP contribution is -2.26. The van der Waals surface area contributed by atoms with Crippen LogP contribution in [0.5, 0.6) is 0 Å². The smallest absolute Gasteiger partial charge is 0.323 e. The van der Waals surface area contributed by atoms with Crippen molar-refractivity contribution in [3.8, 4) is 0 Å². The number of hydrogen-bond acceptors (Lipinski definition) is 3. The van der Waals surface area contributed by atoms with Gasteiger partial charge in [0.15, 0.2) is 0 Å². The van der Waals surface area contributed by atoms with Gasteiger partial charge in [-0.05, 0) is 12.3 Å². The molecule has 1 N–H and O–H groups in total. The third kappa shape index (κ3) is 3.96. The fourth-order valence-electron chi connectivity index (χ4n) is 2.57. The lowest BCUT2D eigenvalue weighted by atomic mass is 10.0. The number of hydrogen-bond donors (Lipinski definition) is 1. The van der Waals surface area contributed by atoms with Crippen molar-refractivity contribution in [2.24, 2.45) is 5.92 Å². The topological polar surface area (TPSA) is 75.4 Å². The molecule has 7 heteroatoms. The molecule has 20 heavy (non-hydrogen) atoms. The Kier molecular flexibility index (Phi) is 6.01. The molecule has 1 atom stereocenters. The third-order valence-electron chi connectivity index (χ3n) is 3.45. The number of likely N-dealkylation sites (tertiary alicyclic amines) is 1. The molecule has 1 aromatic heterocycles. The van der Waals surface area contributed by atoms with Crippen molar-refractivity contribution < 1.29 is 14.7 Å². The number of amides is 1. The minimum Gasteiger partial charge on any atom is -0.480 e. The summed E-state index contributed by atoms with van der Waals surface area (Å²) < 4.78 is 1.57. The molecule has 2 rings (SSSR count). The van der Waals surface area contributed by atoms with Crippen LogP contribution >= 0.6 is 12.4 Å². The Bertz CT molecular complexity index is 475. The van der Waals surface area contributed by atoms with Gasteiger partial charge in [0.25, 0.3) is 0 Å². The van der Waals surface area contributed by atoms with Gasteiger partial charge in [-0.2, -0.15) is 0 Å². The summed E-state index contributed by atoms with van der Waals surface area (Å²) in [4.78, 5) is 28.4. The van der Waals surface area contributed by atoms with Gasteiger partial charge in [0.1, 0.15) is 6.54 Å². The lowest BCUT2D eigenvalue weighted by Gasteiger charge is -2.17. The van der Waals surface area contributed by atoms with Gasteiger partial charge in [-0.3, -0.25) is 9.59 Å². The van der Waals surface area contributed by atoms with Crippen LogP contribution in [-0.4, -0.2) is 38.0 Å². The molecule has 0 spiro atoms.